The second-order valence-corrected chi connectivity index (χ2v) is 7.79. The first-order valence-electron chi connectivity index (χ1n) is 10.3. The van der Waals surface area contributed by atoms with Crippen LogP contribution in [0.2, 0.25) is 0 Å². The molecule has 0 aromatic heterocycles. The van der Waals surface area contributed by atoms with Gasteiger partial charge in [-0.1, -0.05) is 58.4 Å². The summed E-state index contributed by atoms with van der Waals surface area (Å²) in [5.74, 6) is 0.170. The minimum Gasteiger partial charge on any atom is -0.488 e. The number of benzene rings is 3. The Morgan fingerprint density at radius 1 is 1.03 bits per heavy atom. The molecule has 0 aliphatic rings. The van der Waals surface area contributed by atoms with E-state index in [-0.39, 0.29) is 5.91 Å². The lowest BCUT2D eigenvalue weighted by Crippen LogP contribution is -2.21. The lowest BCUT2D eigenvalue weighted by molar-refractivity contribution is 0.0950. The first-order valence-corrected chi connectivity index (χ1v) is 11.0. The van der Waals surface area contributed by atoms with E-state index in [4.69, 9.17) is 4.74 Å². The standard InChI is InChI=1S/C25H26BrN3O2/c1-3-29(4-2)22-13-10-19(11-14-22)17-27-28-25(30)23-16-21(26)12-15-24(23)31-18-20-8-6-5-7-9-20/h5-17H,3-4,18H2,1-2H3,(H,28,30)/b27-17+. The summed E-state index contributed by atoms with van der Waals surface area (Å²) in [5.41, 5.74) is 6.11. The fraction of sp³-hybridized carbons (Fsp3) is 0.200. The average molecular weight is 480 g/mol. The fourth-order valence-corrected chi connectivity index (χ4v) is 3.49. The molecule has 160 valence electrons. The van der Waals surface area contributed by atoms with Crippen LogP contribution in [-0.2, 0) is 6.61 Å². The van der Waals surface area contributed by atoms with Crippen LogP contribution in [-0.4, -0.2) is 25.2 Å². The zero-order chi connectivity index (χ0) is 22.1. The molecular weight excluding hydrogens is 454 g/mol. The summed E-state index contributed by atoms with van der Waals surface area (Å²) >= 11 is 3.42. The van der Waals surface area contributed by atoms with Crippen molar-refractivity contribution in [2.75, 3.05) is 18.0 Å². The topological polar surface area (TPSA) is 53.9 Å². The van der Waals surface area contributed by atoms with E-state index in [1.165, 1.54) is 5.69 Å². The van der Waals surface area contributed by atoms with Crippen LogP contribution in [0.1, 0.15) is 35.3 Å². The van der Waals surface area contributed by atoms with Gasteiger partial charge in [-0.2, -0.15) is 5.10 Å². The van der Waals surface area contributed by atoms with Crippen LogP contribution in [0.25, 0.3) is 0 Å². The maximum atomic E-state index is 12.7. The van der Waals surface area contributed by atoms with Crippen molar-refractivity contribution in [3.05, 3.63) is 94.0 Å². The van der Waals surface area contributed by atoms with Gasteiger partial charge in [0, 0.05) is 23.2 Å². The number of hydrogen-bond donors (Lipinski definition) is 1. The van der Waals surface area contributed by atoms with Gasteiger partial charge in [-0.15, -0.1) is 0 Å². The molecule has 0 aliphatic heterocycles. The largest absolute Gasteiger partial charge is 0.488 e. The van der Waals surface area contributed by atoms with Gasteiger partial charge in [0.05, 0.1) is 11.8 Å². The SMILES string of the molecule is CCN(CC)c1ccc(/C=N/NC(=O)c2cc(Br)ccc2OCc2ccccc2)cc1. The molecule has 1 amide bonds. The molecule has 31 heavy (non-hydrogen) atoms. The Hall–Kier alpha value is -3.12. The van der Waals surface area contributed by atoms with Crippen molar-refractivity contribution >= 4 is 33.7 Å². The van der Waals surface area contributed by atoms with Crippen molar-refractivity contribution in [3.63, 3.8) is 0 Å². The molecule has 3 aromatic carbocycles. The van der Waals surface area contributed by atoms with Gasteiger partial charge in [-0.25, -0.2) is 5.43 Å². The van der Waals surface area contributed by atoms with Crippen molar-refractivity contribution in [2.45, 2.75) is 20.5 Å². The molecule has 0 atom stereocenters. The van der Waals surface area contributed by atoms with Crippen LogP contribution >= 0.6 is 15.9 Å². The highest BCUT2D eigenvalue weighted by Gasteiger charge is 2.13. The fourth-order valence-electron chi connectivity index (χ4n) is 3.13. The number of anilines is 1. The van der Waals surface area contributed by atoms with Gasteiger partial charge < -0.3 is 9.64 Å². The molecule has 0 aliphatic carbocycles. The van der Waals surface area contributed by atoms with E-state index >= 15 is 0 Å². The Morgan fingerprint density at radius 2 is 1.74 bits per heavy atom. The smallest absolute Gasteiger partial charge is 0.275 e. The quantitative estimate of drug-likeness (QED) is 0.319. The van der Waals surface area contributed by atoms with Crippen molar-refractivity contribution in [1.82, 2.24) is 5.43 Å². The molecule has 6 heteroatoms. The molecule has 3 aromatic rings. The number of hydrazone groups is 1. The molecule has 3 rings (SSSR count). The number of nitrogens with one attached hydrogen (secondary N) is 1. The number of halogens is 1. The van der Waals surface area contributed by atoms with Gasteiger partial charge in [-0.3, -0.25) is 4.79 Å². The summed E-state index contributed by atoms with van der Waals surface area (Å²) in [6, 6.07) is 23.3. The minimum absolute atomic E-state index is 0.333. The minimum atomic E-state index is -0.333. The van der Waals surface area contributed by atoms with E-state index in [2.05, 4.69) is 57.3 Å². The van der Waals surface area contributed by atoms with Gasteiger partial charge in [0.15, 0.2) is 0 Å². The molecule has 0 saturated heterocycles. The molecule has 0 spiro atoms. The number of ether oxygens (including phenoxy) is 1. The van der Waals surface area contributed by atoms with E-state index in [0.717, 1.165) is 28.7 Å². The van der Waals surface area contributed by atoms with Crippen LogP contribution < -0.4 is 15.1 Å². The average Bonchev–Trinajstić information content (AvgIpc) is 2.80. The summed E-state index contributed by atoms with van der Waals surface area (Å²) in [5, 5.41) is 4.11. The highest BCUT2D eigenvalue weighted by Crippen LogP contribution is 2.24. The molecule has 0 unspecified atom stereocenters. The Kier molecular flexibility index (Phi) is 8.24. The van der Waals surface area contributed by atoms with Gasteiger partial charge in [0.2, 0.25) is 0 Å². The van der Waals surface area contributed by atoms with Crippen LogP contribution in [0.3, 0.4) is 0 Å². The number of carbonyl (C=O) groups is 1. The van der Waals surface area contributed by atoms with E-state index in [1.807, 2.05) is 48.5 Å². The normalized spacial score (nSPS) is 10.8. The van der Waals surface area contributed by atoms with Crippen molar-refractivity contribution in [2.24, 2.45) is 5.10 Å². The molecule has 5 nitrogen and oxygen atoms in total. The second kappa shape index (κ2) is 11.3. The Bertz CT molecular complexity index is 1020. The van der Waals surface area contributed by atoms with Crippen molar-refractivity contribution < 1.29 is 9.53 Å². The van der Waals surface area contributed by atoms with Crippen LogP contribution in [0.15, 0.2) is 82.4 Å². The number of rotatable bonds is 9. The second-order valence-electron chi connectivity index (χ2n) is 6.88. The number of carbonyl (C=O) groups excluding carboxylic acids is 1. The number of hydrogen-bond acceptors (Lipinski definition) is 4. The third-order valence-corrected chi connectivity index (χ3v) is 5.32. The number of amides is 1. The zero-order valence-electron chi connectivity index (χ0n) is 17.7. The van der Waals surface area contributed by atoms with Crippen molar-refractivity contribution in [3.8, 4) is 5.75 Å². The van der Waals surface area contributed by atoms with E-state index in [0.29, 0.717) is 17.9 Å². The van der Waals surface area contributed by atoms with Gasteiger partial charge in [-0.05, 0) is 55.3 Å². The van der Waals surface area contributed by atoms with E-state index in [9.17, 15) is 4.79 Å². The zero-order valence-corrected chi connectivity index (χ0v) is 19.3. The molecule has 1 N–H and O–H groups in total. The molecule has 0 saturated carbocycles. The summed E-state index contributed by atoms with van der Waals surface area (Å²) in [4.78, 5) is 15.0. The van der Waals surface area contributed by atoms with Gasteiger partial charge >= 0.3 is 0 Å². The van der Waals surface area contributed by atoms with Crippen LogP contribution in [0.5, 0.6) is 5.75 Å². The van der Waals surface area contributed by atoms with Crippen molar-refractivity contribution in [1.29, 1.82) is 0 Å². The Labute approximate surface area is 191 Å². The third kappa shape index (κ3) is 6.43. The molecule has 0 fully saturated rings. The van der Waals surface area contributed by atoms with Crippen LogP contribution in [0, 0.1) is 0 Å². The van der Waals surface area contributed by atoms with E-state index < -0.39 is 0 Å². The van der Waals surface area contributed by atoms with E-state index in [1.54, 1.807) is 18.3 Å². The molecule has 0 radical (unpaired) electrons. The highest BCUT2D eigenvalue weighted by molar-refractivity contribution is 9.10. The molecule has 0 bridgehead atoms. The summed E-state index contributed by atoms with van der Waals surface area (Å²) in [6.45, 7) is 6.57. The Balaban J connectivity index is 1.65. The first kappa shape index (κ1) is 22.6. The summed E-state index contributed by atoms with van der Waals surface area (Å²) in [7, 11) is 0. The third-order valence-electron chi connectivity index (χ3n) is 4.82. The summed E-state index contributed by atoms with van der Waals surface area (Å²) in [6.07, 6.45) is 1.63. The maximum Gasteiger partial charge on any atom is 0.275 e. The predicted octanol–water partition coefficient (Wildman–Crippen LogP) is 5.64. The van der Waals surface area contributed by atoms with Crippen LogP contribution in [0.4, 0.5) is 5.69 Å². The predicted molar refractivity (Wildman–Crippen MR) is 130 cm³/mol. The number of nitrogens with zero attached hydrogens (tertiary/aromatic N) is 2. The van der Waals surface area contributed by atoms with Gasteiger partial charge in [0.1, 0.15) is 12.4 Å². The summed E-state index contributed by atoms with van der Waals surface area (Å²) < 4.78 is 6.67. The molecular formula is C25H26BrN3O2. The lowest BCUT2D eigenvalue weighted by Gasteiger charge is -2.20. The Morgan fingerprint density at radius 3 is 2.42 bits per heavy atom. The lowest BCUT2D eigenvalue weighted by atomic mass is 10.2. The highest BCUT2D eigenvalue weighted by atomic mass is 79.9. The van der Waals surface area contributed by atoms with Gasteiger partial charge in [0.25, 0.3) is 5.91 Å². The maximum absolute atomic E-state index is 12.7. The monoisotopic (exact) mass is 479 g/mol. The first-order chi connectivity index (χ1) is 15.1. The molecule has 0 heterocycles.